The highest BCUT2D eigenvalue weighted by molar-refractivity contribution is 6.24. The standard InChI is InChI=1S/C28H25N3O7/c1-31(2)18-10-14(6-5-13-4-3-7-30-12-13)23(33)21-17(18)9-15-8-16-11-19(32)22(27(29)37)26(36)28(16,38)25(35)20(15)24(21)34/h3-4,7,10,12,15-16,32-33,35,38H,8-9,11H2,1-2H3,(H2,29,37)/t15-,16+,28+/m1/s1. The normalized spacial score (nSPS) is 24.2. The van der Waals surface area contributed by atoms with Gasteiger partial charge in [0.1, 0.15) is 22.8 Å². The number of hydrogen-bond acceptors (Lipinski definition) is 9. The van der Waals surface area contributed by atoms with Gasteiger partial charge in [-0.25, -0.2) is 0 Å². The van der Waals surface area contributed by atoms with Crippen LogP contribution in [0.4, 0.5) is 5.69 Å². The number of phenolic OH excluding ortho intramolecular Hbond substituents is 1. The number of benzene rings is 1. The van der Waals surface area contributed by atoms with Gasteiger partial charge in [-0.3, -0.25) is 19.4 Å². The van der Waals surface area contributed by atoms with Crippen LogP contribution in [0.3, 0.4) is 0 Å². The highest BCUT2D eigenvalue weighted by Gasteiger charge is 2.59. The van der Waals surface area contributed by atoms with Gasteiger partial charge in [0.2, 0.25) is 5.78 Å². The lowest BCUT2D eigenvalue weighted by molar-refractivity contribution is -0.144. The van der Waals surface area contributed by atoms with E-state index in [2.05, 4.69) is 16.8 Å². The molecular weight excluding hydrogens is 490 g/mol. The number of carbonyl (C=O) groups excluding carboxylic acids is 3. The van der Waals surface area contributed by atoms with Gasteiger partial charge in [-0.1, -0.05) is 11.8 Å². The number of nitrogens with zero attached hydrogens (tertiary/aromatic N) is 2. The van der Waals surface area contributed by atoms with Crippen LogP contribution in [0.5, 0.6) is 5.75 Å². The van der Waals surface area contributed by atoms with E-state index in [4.69, 9.17) is 5.73 Å². The molecule has 10 nitrogen and oxygen atoms in total. The van der Waals surface area contributed by atoms with E-state index in [0.717, 1.165) is 0 Å². The molecule has 0 spiro atoms. The van der Waals surface area contributed by atoms with Crippen LogP contribution in [0.25, 0.3) is 0 Å². The van der Waals surface area contributed by atoms with Gasteiger partial charge in [0.25, 0.3) is 5.91 Å². The van der Waals surface area contributed by atoms with Crippen molar-refractivity contribution in [1.29, 1.82) is 0 Å². The lowest BCUT2D eigenvalue weighted by Gasteiger charge is -2.45. The topological polar surface area (TPSA) is 174 Å². The minimum Gasteiger partial charge on any atom is -0.511 e. The van der Waals surface area contributed by atoms with E-state index in [-0.39, 0.29) is 41.7 Å². The largest absolute Gasteiger partial charge is 0.511 e. The predicted octanol–water partition coefficient (Wildman–Crippen LogP) is 1.44. The van der Waals surface area contributed by atoms with E-state index in [9.17, 15) is 34.8 Å². The number of aromatic hydroxyl groups is 1. The molecule has 6 N–H and O–H groups in total. The minimum atomic E-state index is -2.60. The lowest BCUT2D eigenvalue weighted by Crippen LogP contribution is -2.57. The number of rotatable bonds is 2. The molecule has 0 aliphatic heterocycles. The number of hydrogen-bond donors (Lipinski definition) is 5. The van der Waals surface area contributed by atoms with E-state index in [0.29, 0.717) is 16.8 Å². The van der Waals surface area contributed by atoms with Crippen molar-refractivity contribution in [3.8, 4) is 17.6 Å². The molecule has 10 heteroatoms. The number of ketones is 2. The molecule has 38 heavy (non-hydrogen) atoms. The van der Waals surface area contributed by atoms with E-state index in [1.54, 1.807) is 49.6 Å². The third-order valence-electron chi connectivity index (χ3n) is 7.52. The molecule has 3 atom stereocenters. The fourth-order valence-corrected chi connectivity index (χ4v) is 5.74. The molecule has 1 heterocycles. The van der Waals surface area contributed by atoms with E-state index < -0.39 is 52.0 Å². The van der Waals surface area contributed by atoms with Crippen LogP contribution in [-0.2, 0) is 16.0 Å². The van der Waals surface area contributed by atoms with Gasteiger partial charge in [-0.2, -0.15) is 0 Å². The lowest BCUT2D eigenvalue weighted by atomic mass is 9.60. The summed E-state index contributed by atoms with van der Waals surface area (Å²) in [6.45, 7) is 0. The summed E-state index contributed by atoms with van der Waals surface area (Å²) in [4.78, 5) is 44.6. The number of Topliss-reactive ketones (excluding diaryl/α,β-unsaturated/α-hetero) is 2. The molecule has 3 aliphatic carbocycles. The Labute approximate surface area is 217 Å². The summed E-state index contributed by atoms with van der Waals surface area (Å²) >= 11 is 0. The Bertz CT molecular complexity index is 1550. The van der Waals surface area contributed by atoms with Crippen molar-refractivity contribution in [2.75, 3.05) is 19.0 Å². The van der Waals surface area contributed by atoms with Crippen LogP contribution < -0.4 is 10.6 Å². The first-order chi connectivity index (χ1) is 18.0. The van der Waals surface area contributed by atoms with Gasteiger partial charge < -0.3 is 31.1 Å². The molecule has 0 bridgehead atoms. The number of aliphatic hydroxyl groups is 3. The van der Waals surface area contributed by atoms with Crippen molar-refractivity contribution in [3.05, 3.63) is 75.5 Å². The summed E-state index contributed by atoms with van der Waals surface area (Å²) in [6.07, 6.45) is 3.17. The number of fused-ring (bicyclic) bond motifs is 3. The molecule has 5 rings (SSSR count). The summed E-state index contributed by atoms with van der Waals surface area (Å²) in [6, 6.07) is 5.14. The Hall–Kier alpha value is -4.62. The number of allylic oxidation sites excluding steroid dienone is 2. The van der Waals surface area contributed by atoms with Gasteiger partial charge in [0, 0.05) is 55.7 Å². The zero-order valence-electron chi connectivity index (χ0n) is 20.6. The average molecular weight is 516 g/mol. The molecule has 1 aromatic heterocycles. The third kappa shape index (κ3) is 3.55. The molecule has 0 radical (unpaired) electrons. The van der Waals surface area contributed by atoms with Crippen LogP contribution in [-0.4, -0.2) is 62.6 Å². The van der Waals surface area contributed by atoms with Gasteiger partial charge in [-0.15, -0.1) is 0 Å². The summed E-state index contributed by atoms with van der Waals surface area (Å²) in [7, 11) is 3.57. The van der Waals surface area contributed by atoms with Crippen LogP contribution in [0, 0.1) is 23.7 Å². The maximum Gasteiger partial charge on any atom is 0.255 e. The second kappa shape index (κ2) is 8.75. The molecule has 2 aromatic rings. The molecule has 1 aromatic carbocycles. The number of primary amides is 1. The zero-order chi connectivity index (χ0) is 27.5. The highest BCUT2D eigenvalue weighted by Crippen LogP contribution is 2.52. The Balaban J connectivity index is 1.68. The first kappa shape index (κ1) is 25.0. The maximum absolute atomic E-state index is 13.9. The van der Waals surface area contributed by atoms with Crippen LogP contribution in [0.1, 0.15) is 39.9 Å². The predicted molar refractivity (Wildman–Crippen MR) is 135 cm³/mol. The summed E-state index contributed by atoms with van der Waals surface area (Å²) < 4.78 is 0. The van der Waals surface area contributed by atoms with Crippen molar-refractivity contribution in [3.63, 3.8) is 0 Å². The molecule has 0 fully saturated rings. The minimum absolute atomic E-state index is 0.0686. The second-order valence-corrected chi connectivity index (χ2v) is 9.94. The molecule has 194 valence electrons. The Morgan fingerprint density at radius 1 is 1.18 bits per heavy atom. The van der Waals surface area contributed by atoms with Crippen molar-refractivity contribution >= 4 is 23.2 Å². The highest BCUT2D eigenvalue weighted by atomic mass is 16.3. The molecule has 0 saturated heterocycles. The second-order valence-electron chi connectivity index (χ2n) is 9.94. The van der Waals surface area contributed by atoms with Crippen molar-refractivity contribution < 1.29 is 34.8 Å². The van der Waals surface area contributed by atoms with Gasteiger partial charge in [0.15, 0.2) is 11.4 Å². The Kier molecular flexibility index (Phi) is 5.76. The number of aliphatic hydroxyl groups excluding tert-OH is 2. The van der Waals surface area contributed by atoms with E-state index in [1.807, 2.05) is 0 Å². The number of anilines is 1. The fourth-order valence-electron chi connectivity index (χ4n) is 5.74. The Morgan fingerprint density at radius 3 is 2.55 bits per heavy atom. The summed E-state index contributed by atoms with van der Waals surface area (Å²) in [5, 5.41) is 44.1. The first-order valence-corrected chi connectivity index (χ1v) is 11.9. The molecule has 1 amide bonds. The summed E-state index contributed by atoms with van der Waals surface area (Å²) in [5.41, 5.74) is 3.49. The monoisotopic (exact) mass is 515 g/mol. The zero-order valence-corrected chi connectivity index (χ0v) is 20.6. The molecular formula is C28H25N3O7. The number of nitrogens with two attached hydrogens (primary N) is 1. The van der Waals surface area contributed by atoms with Crippen molar-refractivity contribution in [2.45, 2.75) is 24.9 Å². The summed E-state index contributed by atoms with van der Waals surface area (Å²) in [5.74, 6) is -0.894. The van der Waals surface area contributed by atoms with Crippen LogP contribution in [0.15, 0.2) is 53.3 Å². The number of aromatic nitrogens is 1. The maximum atomic E-state index is 13.9. The van der Waals surface area contributed by atoms with Gasteiger partial charge >= 0.3 is 0 Å². The molecule has 0 saturated carbocycles. The smallest absolute Gasteiger partial charge is 0.255 e. The number of amides is 1. The fraction of sp³-hybridized carbons (Fsp3) is 0.286. The van der Waals surface area contributed by atoms with Crippen molar-refractivity contribution in [2.24, 2.45) is 17.6 Å². The Morgan fingerprint density at radius 2 is 1.92 bits per heavy atom. The van der Waals surface area contributed by atoms with E-state index >= 15 is 0 Å². The number of pyridine rings is 1. The van der Waals surface area contributed by atoms with E-state index in [1.165, 1.54) is 0 Å². The average Bonchev–Trinajstić information content (AvgIpc) is 2.86. The first-order valence-electron chi connectivity index (χ1n) is 11.9. The number of phenols is 1. The molecule has 3 aliphatic rings. The van der Waals surface area contributed by atoms with Crippen LogP contribution >= 0.6 is 0 Å². The third-order valence-corrected chi connectivity index (χ3v) is 7.52. The quantitative estimate of drug-likeness (QED) is 0.293. The van der Waals surface area contributed by atoms with Crippen molar-refractivity contribution in [1.82, 2.24) is 4.98 Å². The SMILES string of the molecule is CN(C)c1cc(C#Cc2cccnc2)c(O)c2c1C[C@H]1C[C@H]3CC(O)=C(C(N)=O)C(=O)[C@@]3(O)C(O)=C1C2=O. The number of carbonyl (C=O) groups is 3. The van der Waals surface area contributed by atoms with Gasteiger partial charge in [0.05, 0.1) is 11.1 Å². The molecule has 0 unspecified atom stereocenters. The van der Waals surface area contributed by atoms with Gasteiger partial charge in [-0.05, 0) is 42.5 Å². The van der Waals surface area contributed by atoms with Crippen LogP contribution in [0.2, 0.25) is 0 Å².